The summed E-state index contributed by atoms with van der Waals surface area (Å²) in [5, 5.41) is 12.8. The van der Waals surface area contributed by atoms with Crippen LogP contribution < -0.4 is 0 Å². The van der Waals surface area contributed by atoms with E-state index in [0.29, 0.717) is 0 Å². The molecule has 0 spiro atoms. The van der Waals surface area contributed by atoms with Gasteiger partial charge in [0.15, 0.2) is 0 Å². The van der Waals surface area contributed by atoms with E-state index in [1.807, 2.05) is 36.4 Å². The molecule has 1 aliphatic heterocycles. The molecule has 0 saturated carbocycles. The van der Waals surface area contributed by atoms with Crippen molar-refractivity contribution in [2.45, 2.75) is 45.2 Å². The first kappa shape index (κ1) is 15.3. The van der Waals surface area contributed by atoms with Crippen LogP contribution in [0.3, 0.4) is 0 Å². The lowest BCUT2D eigenvalue weighted by atomic mass is 9.69. The van der Waals surface area contributed by atoms with Crippen molar-refractivity contribution >= 4 is 0 Å². The first-order valence-corrected chi connectivity index (χ1v) is 7.93. The van der Waals surface area contributed by atoms with Gasteiger partial charge in [-0.3, -0.25) is 0 Å². The van der Waals surface area contributed by atoms with Gasteiger partial charge in [0.2, 0.25) is 0 Å². The number of hydrogen-bond donors (Lipinski definition) is 1. The van der Waals surface area contributed by atoms with Gasteiger partial charge in [-0.05, 0) is 36.8 Å². The SMILES string of the molecule is CC1(C)C[C@@](C)(c2ccccc2)N(O)[C@]1(C)c1ccccc1. The average Bonchev–Trinajstić information content (AvgIpc) is 2.68. The van der Waals surface area contributed by atoms with E-state index in [0.717, 1.165) is 17.5 Å². The molecule has 2 nitrogen and oxygen atoms in total. The Labute approximate surface area is 133 Å². The van der Waals surface area contributed by atoms with Gasteiger partial charge in [0, 0.05) is 0 Å². The monoisotopic (exact) mass is 295 g/mol. The highest BCUT2D eigenvalue weighted by atomic mass is 16.5. The molecule has 116 valence electrons. The van der Waals surface area contributed by atoms with Gasteiger partial charge in [0.25, 0.3) is 0 Å². The van der Waals surface area contributed by atoms with Gasteiger partial charge >= 0.3 is 0 Å². The number of hydrogen-bond acceptors (Lipinski definition) is 2. The first-order valence-electron chi connectivity index (χ1n) is 7.93. The molecule has 2 atom stereocenters. The minimum Gasteiger partial charge on any atom is -0.312 e. The Kier molecular flexibility index (Phi) is 3.42. The van der Waals surface area contributed by atoms with Crippen molar-refractivity contribution in [3.63, 3.8) is 0 Å². The highest BCUT2D eigenvalue weighted by Gasteiger charge is 2.61. The predicted octanol–water partition coefficient (Wildman–Crippen LogP) is 4.94. The van der Waals surface area contributed by atoms with Gasteiger partial charge in [-0.15, -0.1) is 0 Å². The Morgan fingerprint density at radius 2 is 1.23 bits per heavy atom. The van der Waals surface area contributed by atoms with Crippen LogP contribution in [0.15, 0.2) is 60.7 Å². The molecule has 0 aromatic heterocycles. The molecule has 2 heteroatoms. The van der Waals surface area contributed by atoms with Gasteiger partial charge in [-0.2, -0.15) is 5.06 Å². The molecule has 1 N–H and O–H groups in total. The largest absolute Gasteiger partial charge is 0.312 e. The minimum atomic E-state index is -0.432. The van der Waals surface area contributed by atoms with E-state index < -0.39 is 11.1 Å². The molecule has 0 radical (unpaired) electrons. The van der Waals surface area contributed by atoms with Crippen LogP contribution in [0, 0.1) is 5.41 Å². The van der Waals surface area contributed by atoms with Crippen LogP contribution in [0.2, 0.25) is 0 Å². The van der Waals surface area contributed by atoms with Crippen LogP contribution in [0.1, 0.15) is 45.2 Å². The maximum atomic E-state index is 11.2. The van der Waals surface area contributed by atoms with Crippen LogP contribution in [-0.4, -0.2) is 10.3 Å². The van der Waals surface area contributed by atoms with E-state index in [1.165, 1.54) is 0 Å². The van der Waals surface area contributed by atoms with Crippen molar-refractivity contribution in [2.24, 2.45) is 5.41 Å². The normalized spacial score (nSPS) is 31.3. The summed E-state index contributed by atoms with van der Waals surface area (Å²) in [4.78, 5) is 0. The molecule has 1 saturated heterocycles. The summed E-state index contributed by atoms with van der Waals surface area (Å²) in [6.07, 6.45) is 0.895. The zero-order valence-electron chi connectivity index (χ0n) is 13.9. The van der Waals surface area contributed by atoms with E-state index in [-0.39, 0.29) is 5.41 Å². The second kappa shape index (κ2) is 4.94. The van der Waals surface area contributed by atoms with Gasteiger partial charge in [0.05, 0.1) is 11.1 Å². The molecule has 1 heterocycles. The summed E-state index contributed by atoms with van der Waals surface area (Å²) >= 11 is 0. The van der Waals surface area contributed by atoms with Crippen molar-refractivity contribution in [2.75, 3.05) is 0 Å². The third-order valence-electron chi connectivity index (χ3n) is 5.73. The Balaban J connectivity index is 2.14. The lowest BCUT2D eigenvalue weighted by Gasteiger charge is -2.43. The van der Waals surface area contributed by atoms with Crippen molar-refractivity contribution in [3.05, 3.63) is 71.8 Å². The summed E-state index contributed by atoms with van der Waals surface area (Å²) in [7, 11) is 0. The summed E-state index contributed by atoms with van der Waals surface area (Å²) < 4.78 is 0. The Morgan fingerprint density at radius 1 is 0.773 bits per heavy atom. The Bertz CT molecular complexity index is 652. The molecular formula is C20H25NO. The fourth-order valence-electron chi connectivity index (χ4n) is 4.19. The van der Waals surface area contributed by atoms with Crippen molar-refractivity contribution in [1.82, 2.24) is 5.06 Å². The standard InChI is InChI=1S/C20H25NO/c1-18(2)15-19(3,16-11-7-5-8-12-16)21(22)20(18,4)17-13-9-6-10-14-17/h5-14,22H,15H2,1-4H3/t19-,20+/m0/s1. The minimum absolute atomic E-state index is 0.0618. The van der Waals surface area contributed by atoms with Crippen LogP contribution >= 0.6 is 0 Å². The molecule has 0 aliphatic carbocycles. The highest BCUT2D eigenvalue weighted by molar-refractivity contribution is 5.34. The van der Waals surface area contributed by atoms with Gasteiger partial charge in [-0.25, -0.2) is 0 Å². The molecule has 22 heavy (non-hydrogen) atoms. The molecule has 1 fully saturated rings. The second-order valence-corrected chi connectivity index (χ2v) is 7.45. The molecule has 0 amide bonds. The molecule has 0 bridgehead atoms. The van der Waals surface area contributed by atoms with E-state index in [9.17, 15) is 5.21 Å². The van der Waals surface area contributed by atoms with Gasteiger partial charge < -0.3 is 5.21 Å². The number of nitrogens with zero attached hydrogens (tertiary/aromatic N) is 1. The lowest BCUT2D eigenvalue weighted by molar-refractivity contribution is -0.221. The third-order valence-corrected chi connectivity index (χ3v) is 5.73. The lowest BCUT2D eigenvalue weighted by Crippen LogP contribution is -2.49. The molecule has 0 unspecified atom stereocenters. The molecule has 2 aromatic carbocycles. The fraction of sp³-hybridized carbons (Fsp3) is 0.400. The van der Waals surface area contributed by atoms with Gasteiger partial charge in [-0.1, -0.05) is 74.5 Å². The maximum absolute atomic E-state index is 11.2. The quantitative estimate of drug-likeness (QED) is 0.848. The Hall–Kier alpha value is -1.64. The van der Waals surface area contributed by atoms with E-state index in [1.54, 1.807) is 5.06 Å². The fourth-order valence-corrected chi connectivity index (χ4v) is 4.19. The second-order valence-electron chi connectivity index (χ2n) is 7.45. The van der Waals surface area contributed by atoms with Gasteiger partial charge in [0.1, 0.15) is 0 Å². The van der Waals surface area contributed by atoms with Crippen molar-refractivity contribution in [3.8, 4) is 0 Å². The average molecular weight is 295 g/mol. The number of hydroxylamine groups is 2. The van der Waals surface area contributed by atoms with Crippen LogP contribution in [0.5, 0.6) is 0 Å². The van der Waals surface area contributed by atoms with E-state index >= 15 is 0 Å². The highest BCUT2D eigenvalue weighted by Crippen LogP contribution is 2.60. The number of benzene rings is 2. The molecule has 3 rings (SSSR count). The molecule has 2 aromatic rings. The topological polar surface area (TPSA) is 23.5 Å². The van der Waals surface area contributed by atoms with Crippen molar-refractivity contribution in [1.29, 1.82) is 0 Å². The van der Waals surface area contributed by atoms with Crippen molar-refractivity contribution < 1.29 is 5.21 Å². The molecule has 1 aliphatic rings. The predicted molar refractivity (Wildman–Crippen MR) is 89.6 cm³/mol. The van der Waals surface area contributed by atoms with E-state index in [4.69, 9.17) is 0 Å². The third kappa shape index (κ3) is 1.94. The van der Waals surface area contributed by atoms with E-state index in [2.05, 4.69) is 52.0 Å². The summed E-state index contributed by atoms with van der Waals surface area (Å²) in [5.74, 6) is 0. The summed E-state index contributed by atoms with van der Waals surface area (Å²) in [5.41, 5.74) is 1.43. The van der Waals surface area contributed by atoms with Crippen LogP contribution in [0.4, 0.5) is 0 Å². The zero-order valence-corrected chi connectivity index (χ0v) is 13.9. The maximum Gasteiger partial charge on any atom is 0.0742 e. The van der Waals surface area contributed by atoms with Crippen LogP contribution in [0.25, 0.3) is 0 Å². The van der Waals surface area contributed by atoms with Crippen LogP contribution in [-0.2, 0) is 11.1 Å². The summed E-state index contributed by atoms with van der Waals surface area (Å²) in [6, 6.07) is 20.7. The number of rotatable bonds is 2. The first-order chi connectivity index (χ1) is 10.3. The Morgan fingerprint density at radius 3 is 1.73 bits per heavy atom. The molecular weight excluding hydrogens is 270 g/mol. The summed E-state index contributed by atoms with van der Waals surface area (Å²) in [6.45, 7) is 8.78. The zero-order chi connectivity index (χ0) is 16.0. The smallest absolute Gasteiger partial charge is 0.0742 e.